The molecular weight excluding hydrogens is 618 g/mol. The molecule has 13 nitrogen and oxygen atoms in total. The molecule has 2 amide bonds. The SMILES string of the molecule is C=CCc1cc(/C=N\NC(=O)[C@H](CC(C)C)NC(=O)c2cc([N+](=O)[O-])cc([N+](=O)[O-])c2)cc(OCC)c1OCc1ccccc1Cl. The first-order chi connectivity index (χ1) is 21.9. The van der Waals surface area contributed by atoms with Crippen LogP contribution in [0.1, 0.15) is 54.2 Å². The van der Waals surface area contributed by atoms with E-state index in [2.05, 4.69) is 22.4 Å². The molecule has 0 radical (unpaired) electrons. The first-order valence-electron chi connectivity index (χ1n) is 14.3. The Kier molecular flexibility index (Phi) is 12.8. The fraction of sp³-hybridized carbons (Fsp3) is 0.281. The molecule has 0 aliphatic carbocycles. The van der Waals surface area contributed by atoms with E-state index in [1.807, 2.05) is 45.0 Å². The van der Waals surface area contributed by atoms with Gasteiger partial charge in [0.05, 0.1) is 34.3 Å². The van der Waals surface area contributed by atoms with Crippen molar-refractivity contribution >= 4 is 41.0 Å². The third-order valence-electron chi connectivity index (χ3n) is 6.45. The number of halogens is 1. The van der Waals surface area contributed by atoms with Gasteiger partial charge in [-0.15, -0.1) is 6.58 Å². The van der Waals surface area contributed by atoms with Crippen molar-refractivity contribution in [2.24, 2.45) is 11.0 Å². The zero-order valence-electron chi connectivity index (χ0n) is 25.5. The molecule has 3 aromatic rings. The molecule has 242 valence electrons. The van der Waals surface area contributed by atoms with Crippen LogP contribution in [0.25, 0.3) is 0 Å². The van der Waals surface area contributed by atoms with Crippen LogP contribution in [-0.4, -0.2) is 40.5 Å². The highest BCUT2D eigenvalue weighted by molar-refractivity contribution is 6.31. The summed E-state index contributed by atoms with van der Waals surface area (Å²) in [7, 11) is 0. The molecule has 46 heavy (non-hydrogen) atoms. The Labute approximate surface area is 270 Å². The van der Waals surface area contributed by atoms with Crippen molar-refractivity contribution in [2.45, 2.75) is 46.3 Å². The van der Waals surface area contributed by atoms with Crippen LogP contribution >= 0.6 is 11.6 Å². The van der Waals surface area contributed by atoms with E-state index in [1.54, 1.807) is 18.2 Å². The van der Waals surface area contributed by atoms with E-state index in [1.165, 1.54) is 6.21 Å². The number of hydrazone groups is 1. The second-order valence-corrected chi connectivity index (χ2v) is 10.9. The lowest BCUT2D eigenvalue weighted by Gasteiger charge is -2.19. The van der Waals surface area contributed by atoms with Crippen LogP contribution in [0, 0.1) is 26.1 Å². The lowest BCUT2D eigenvalue weighted by molar-refractivity contribution is -0.394. The molecule has 1 atom stereocenters. The topological polar surface area (TPSA) is 175 Å². The van der Waals surface area contributed by atoms with Gasteiger partial charge < -0.3 is 14.8 Å². The van der Waals surface area contributed by atoms with Crippen molar-refractivity contribution in [3.05, 3.63) is 115 Å². The number of allylic oxidation sites excluding steroid dienone is 1. The standard InChI is InChI=1S/C32H34ClN5O8/c1-5-9-22-13-21(14-29(45-6-2)30(22)46-19-23-10-7-8-11-27(23)33)18-34-36-32(40)28(12-20(3)4)35-31(39)24-15-25(37(41)42)17-26(16-24)38(43)44/h5,7-8,10-11,13-18,20,28H,1,6,9,12,19H2,2-4H3,(H,35,39)(H,36,40)/b34-18-/t28-/m0/s1. The van der Waals surface area contributed by atoms with Crippen LogP contribution in [0.5, 0.6) is 11.5 Å². The monoisotopic (exact) mass is 651 g/mol. The second kappa shape index (κ2) is 16.7. The first kappa shape index (κ1) is 35.2. The van der Waals surface area contributed by atoms with Crippen molar-refractivity contribution in [2.75, 3.05) is 6.61 Å². The van der Waals surface area contributed by atoms with E-state index < -0.39 is 39.1 Å². The van der Waals surface area contributed by atoms with Crippen molar-refractivity contribution < 1.29 is 28.9 Å². The largest absolute Gasteiger partial charge is 0.490 e. The fourth-order valence-corrected chi connectivity index (χ4v) is 4.58. The summed E-state index contributed by atoms with van der Waals surface area (Å²) in [4.78, 5) is 46.9. The van der Waals surface area contributed by atoms with Gasteiger partial charge in [0.1, 0.15) is 12.6 Å². The molecule has 0 spiro atoms. The maximum absolute atomic E-state index is 13.1. The molecule has 0 aliphatic heterocycles. The van der Waals surface area contributed by atoms with Crippen LogP contribution in [0.15, 0.2) is 72.4 Å². The summed E-state index contributed by atoms with van der Waals surface area (Å²) in [5, 5.41) is 29.6. The fourth-order valence-electron chi connectivity index (χ4n) is 4.39. The van der Waals surface area contributed by atoms with Gasteiger partial charge >= 0.3 is 0 Å². The smallest absolute Gasteiger partial charge is 0.277 e. The predicted octanol–water partition coefficient (Wildman–Crippen LogP) is 6.16. The van der Waals surface area contributed by atoms with Gasteiger partial charge in [0.15, 0.2) is 11.5 Å². The Morgan fingerprint density at radius 2 is 1.70 bits per heavy atom. The molecule has 0 fully saturated rings. The highest BCUT2D eigenvalue weighted by Gasteiger charge is 2.25. The number of nitro groups is 2. The Balaban J connectivity index is 1.81. The third kappa shape index (κ3) is 9.86. The molecule has 0 saturated heterocycles. The van der Waals surface area contributed by atoms with Crippen molar-refractivity contribution in [1.29, 1.82) is 0 Å². The highest BCUT2D eigenvalue weighted by atomic mass is 35.5. The van der Waals surface area contributed by atoms with Gasteiger partial charge in [0.25, 0.3) is 23.2 Å². The lowest BCUT2D eigenvalue weighted by Crippen LogP contribution is -2.46. The molecule has 0 saturated carbocycles. The zero-order chi connectivity index (χ0) is 33.8. The molecule has 0 aromatic heterocycles. The molecule has 3 rings (SSSR count). The number of non-ortho nitro benzene ring substituents is 2. The van der Waals surface area contributed by atoms with E-state index in [0.29, 0.717) is 35.1 Å². The normalized spacial score (nSPS) is 11.6. The summed E-state index contributed by atoms with van der Waals surface area (Å²) in [6, 6.07) is 12.3. The Hall–Kier alpha value is -5.30. The molecule has 3 aromatic carbocycles. The van der Waals surface area contributed by atoms with Gasteiger partial charge in [0, 0.05) is 28.3 Å². The zero-order valence-corrected chi connectivity index (χ0v) is 26.3. The number of hydrogen-bond acceptors (Lipinski definition) is 9. The van der Waals surface area contributed by atoms with Gasteiger partial charge in [-0.25, -0.2) is 5.43 Å². The second-order valence-electron chi connectivity index (χ2n) is 10.5. The maximum atomic E-state index is 13.1. The van der Waals surface area contributed by atoms with Crippen molar-refractivity contribution in [3.8, 4) is 11.5 Å². The van der Waals surface area contributed by atoms with Gasteiger partial charge in [-0.05, 0) is 49.4 Å². The highest BCUT2D eigenvalue weighted by Crippen LogP contribution is 2.35. The maximum Gasteiger partial charge on any atom is 0.277 e. The Bertz CT molecular complexity index is 1610. The van der Waals surface area contributed by atoms with Crippen LogP contribution in [0.3, 0.4) is 0 Å². The summed E-state index contributed by atoms with van der Waals surface area (Å²) in [6.07, 6.45) is 3.76. The van der Waals surface area contributed by atoms with Crippen LogP contribution in [0.4, 0.5) is 11.4 Å². The summed E-state index contributed by atoms with van der Waals surface area (Å²) >= 11 is 6.29. The number of amides is 2. The molecule has 2 N–H and O–H groups in total. The minimum atomic E-state index is -1.10. The molecule has 14 heteroatoms. The van der Waals surface area contributed by atoms with E-state index in [4.69, 9.17) is 21.1 Å². The number of ether oxygens (including phenoxy) is 2. The van der Waals surface area contributed by atoms with E-state index in [0.717, 1.165) is 29.3 Å². The number of nitrogens with zero attached hydrogens (tertiary/aromatic N) is 3. The number of hydrogen-bond donors (Lipinski definition) is 2. The number of carbonyl (C=O) groups excluding carboxylic acids is 2. The number of rotatable bonds is 16. The predicted molar refractivity (Wildman–Crippen MR) is 173 cm³/mol. The van der Waals surface area contributed by atoms with E-state index >= 15 is 0 Å². The molecular formula is C32H34ClN5O8. The number of nitro benzene ring substituents is 2. The van der Waals surface area contributed by atoms with Crippen LogP contribution < -0.4 is 20.2 Å². The van der Waals surface area contributed by atoms with E-state index in [-0.39, 0.29) is 24.5 Å². The average Bonchev–Trinajstić information content (AvgIpc) is 3.00. The quantitative estimate of drug-likeness (QED) is 0.0801. The van der Waals surface area contributed by atoms with Gasteiger partial charge in [-0.2, -0.15) is 5.10 Å². The molecule has 0 aliphatic rings. The summed E-state index contributed by atoms with van der Waals surface area (Å²) in [5.74, 6) is -0.622. The van der Waals surface area contributed by atoms with Crippen LogP contribution in [0.2, 0.25) is 5.02 Å². The summed E-state index contributed by atoms with van der Waals surface area (Å²) in [6.45, 7) is 9.89. The van der Waals surface area contributed by atoms with Crippen molar-refractivity contribution in [3.63, 3.8) is 0 Å². The van der Waals surface area contributed by atoms with Crippen molar-refractivity contribution in [1.82, 2.24) is 10.7 Å². The number of nitrogens with one attached hydrogen (secondary N) is 2. The lowest BCUT2D eigenvalue weighted by atomic mass is 10.0. The van der Waals surface area contributed by atoms with E-state index in [9.17, 15) is 29.8 Å². The number of benzene rings is 3. The minimum absolute atomic E-state index is 0.0481. The molecule has 0 heterocycles. The van der Waals surface area contributed by atoms with Crippen LogP contribution in [-0.2, 0) is 17.8 Å². The Morgan fingerprint density at radius 1 is 1.02 bits per heavy atom. The molecule has 0 bridgehead atoms. The molecule has 0 unspecified atom stereocenters. The van der Waals surface area contributed by atoms with Gasteiger partial charge in [-0.3, -0.25) is 29.8 Å². The summed E-state index contributed by atoms with van der Waals surface area (Å²) in [5.41, 5.74) is 2.97. The van der Waals surface area contributed by atoms with Gasteiger partial charge in [0.2, 0.25) is 0 Å². The number of carbonyl (C=O) groups is 2. The first-order valence-corrected chi connectivity index (χ1v) is 14.7. The van der Waals surface area contributed by atoms with Gasteiger partial charge in [-0.1, -0.05) is 49.7 Å². The Morgan fingerprint density at radius 3 is 2.28 bits per heavy atom. The minimum Gasteiger partial charge on any atom is -0.490 e. The third-order valence-corrected chi connectivity index (χ3v) is 6.82. The average molecular weight is 652 g/mol. The summed E-state index contributed by atoms with van der Waals surface area (Å²) < 4.78 is 12.0.